The first kappa shape index (κ1) is 15.9. The summed E-state index contributed by atoms with van der Waals surface area (Å²) in [5.41, 5.74) is 0. The maximum atomic E-state index is 2.60. The quantitative estimate of drug-likeness (QED) is 0.749. The van der Waals surface area contributed by atoms with Crippen LogP contribution < -0.4 is 0 Å². The Morgan fingerprint density at radius 1 is 0.833 bits per heavy atom. The number of rotatable bonds is 4. The van der Waals surface area contributed by atoms with Crippen LogP contribution in [0.15, 0.2) is 0 Å². The van der Waals surface area contributed by atoms with Crippen LogP contribution in [0.5, 0.6) is 0 Å². The Kier molecular flexibility index (Phi) is 6.05. The number of nitrogens with zero attached hydrogens (tertiary/aromatic N) is 4. The highest BCUT2D eigenvalue weighted by atomic mass is 15.6. The maximum absolute atomic E-state index is 2.60. The van der Waals surface area contributed by atoms with Crippen LogP contribution in [0.4, 0.5) is 0 Å². The first-order valence-electron chi connectivity index (χ1n) is 7.40. The molecule has 0 unspecified atom stereocenters. The van der Waals surface area contributed by atoms with Gasteiger partial charge in [0.25, 0.3) is 0 Å². The molecule has 0 aromatic rings. The summed E-state index contributed by atoms with van der Waals surface area (Å²) in [5.74, 6) is 0.0450. The molecule has 108 valence electrons. The van der Waals surface area contributed by atoms with E-state index in [2.05, 4.69) is 61.4 Å². The molecular formula is C14H32N4. The van der Waals surface area contributed by atoms with Gasteiger partial charge in [-0.3, -0.25) is 14.7 Å². The molecule has 1 fully saturated rings. The fourth-order valence-corrected chi connectivity index (χ4v) is 3.06. The average Bonchev–Trinajstić information content (AvgIpc) is 2.34. The fourth-order valence-electron chi connectivity index (χ4n) is 3.06. The Morgan fingerprint density at radius 3 is 1.56 bits per heavy atom. The monoisotopic (exact) mass is 256 g/mol. The van der Waals surface area contributed by atoms with Crippen molar-refractivity contribution in [3.8, 4) is 0 Å². The molecule has 1 heterocycles. The summed E-state index contributed by atoms with van der Waals surface area (Å²) >= 11 is 0. The molecule has 0 saturated carbocycles. The van der Waals surface area contributed by atoms with Gasteiger partial charge in [-0.15, -0.1) is 0 Å². The van der Waals surface area contributed by atoms with E-state index >= 15 is 0 Å². The van der Waals surface area contributed by atoms with E-state index in [1.807, 2.05) is 0 Å². The van der Waals surface area contributed by atoms with E-state index in [4.69, 9.17) is 0 Å². The van der Waals surface area contributed by atoms with Gasteiger partial charge in [0.15, 0.2) is 0 Å². The van der Waals surface area contributed by atoms with E-state index in [9.17, 15) is 0 Å². The number of hydrogen-bond acceptors (Lipinski definition) is 4. The highest BCUT2D eigenvalue weighted by Gasteiger charge is 2.39. The minimum atomic E-state index is 0.0450. The molecule has 0 atom stereocenters. The van der Waals surface area contributed by atoms with Crippen molar-refractivity contribution < 1.29 is 0 Å². The Bertz CT molecular complexity index is 226. The van der Waals surface area contributed by atoms with E-state index in [-0.39, 0.29) is 5.79 Å². The molecule has 1 saturated heterocycles. The van der Waals surface area contributed by atoms with Crippen LogP contribution in [-0.2, 0) is 0 Å². The molecule has 1 aliphatic heterocycles. The van der Waals surface area contributed by atoms with Gasteiger partial charge in [-0.05, 0) is 40.7 Å². The molecule has 0 amide bonds. The maximum Gasteiger partial charge on any atom is 0.127 e. The minimum absolute atomic E-state index is 0.0450. The van der Waals surface area contributed by atoms with Crippen molar-refractivity contribution in [1.29, 1.82) is 0 Å². The van der Waals surface area contributed by atoms with Crippen molar-refractivity contribution in [1.82, 2.24) is 19.6 Å². The predicted molar refractivity (Wildman–Crippen MR) is 78.7 cm³/mol. The van der Waals surface area contributed by atoms with E-state index in [0.717, 1.165) is 32.7 Å². The SMILES string of the molecule is CCN1CCN(CC)C(C)(N(C)C)N(CC)CC1. The van der Waals surface area contributed by atoms with Crippen molar-refractivity contribution in [3.05, 3.63) is 0 Å². The molecule has 1 rings (SSSR count). The van der Waals surface area contributed by atoms with Crippen LogP contribution in [0, 0.1) is 0 Å². The molecule has 0 bridgehead atoms. The molecule has 0 aromatic carbocycles. The summed E-state index contributed by atoms with van der Waals surface area (Å²) in [6, 6.07) is 0. The molecule has 0 N–H and O–H groups in total. The Labute approximate surface area is 114 Å². The van der Waals surface area contributed by atoms with Gasteiger partial charge in [0, 0.05) is 26.2 Å². The molecule has 0 radical (unpaired) electrons. The second kappa shape index (κ2) is 6.85. The summed E-state index contributed by atoms with van der Waals surface area (Å²) in [6.45, 7) is 17.2. The lowest BCUT2D eigenvalue weighted by atomic mass is 10.2. The third-order valence-corrected chi connectivity index (χ3v) is 4.63. The number of hydrogen-bond donors (Lipinski definition) is 0. The summed E-state index contributed by atoms with van der Waals surface area (Å²) in [6.07, 6.45) is 0. The third-order valence-electron chi connectivity index (χ3n) is 4.63. The van der Waals surface area contributed by atoms with Crippen molar-refractivity contribution in [2.75, 3.05) is 59.9 Å². The standard InChI is InChI=1S/C14H32N4/c1-7-16-10-12-17(8-2)14(4,15(5)6)18(9-3)13-11-16/h7-13H2,1-6H3. The zero-order valence-corrected chi connectivity index (χ0v) is 13.2. The highest BCUT2D eigenvalue weighted by molar-refractivity contribution is 4.86. The van der Waals surface area contributed by atoms with E-state index < -0.39 is 0 Å². The molecule has 4 nitrogen and oxygen atoms in total. The zero-order valence-electron chi connectivity index (χ0n) is 13.2. The lowest BCUT2D eigenvalue weighted by molar-refractivity contribution is -0.147. The third kappa shape index (κ3) is 3.05. The smallest absolute Gasteiger partial charge is 0.127 e. The van der Waals surface area contributed by atoms with Gasteiger partial charge in [0.1, 0.15) is 5.79 Å². The van der Waals surface area contributed by atoms with Gasteiger partial charge in [-0.25, -0.2) is 0 Å². The average molecular weight is 256 g/mol. The molecule has 0 spiro atoms. The first-order chi connectivity index (χ1) is 8.50. The Morgan fingerprint density at radius 2 is 1.28 bits per heavy atom. The summed E-state index contributed by atoms with van der Waals surface area (Å²) in [7, 11) is 4.40. The lowest BCUT2D eigenvalue weighted by Crippen LogP contribution is -2.69. The fraction of sp³-hybridized carbons (Fsp3) is 1.00. The molecule has 1 aliphatic rings. The van der Waals surface area contributed by atoms with E-state index in [0.29, 0.717) is 0 Å². The van der Waals surface area contributed by atoms with Crippen LogP contribution in [0.3, 0.4) is 0 Å². The summed E-state index contributed by atoms with van der Waals surface area (Å²) < 4.78 is 0. The highest BCUT2D eigenvalue weighted by Crippen LogP contribution is 2.24. The van der Waals surface area contributed by atoms with Crippen molar-refractivity contribution in [3.63, 3.8) is 0 Å². The van der Waals surface area contributed by atoms with Gasteiger partial charge >= 0.3 is 0 Å². The largest absolute Gasteiger partial charge is 0.301 e. The zero-order chi connectivity index (χ0) is 13.8. The Balaban J connectivity index is 2.95. The summed E-state index contributed by atoms with van der Waals surface area (Å²) in [4.78, 5) is 10.1. The lowest BCUT2D eigenvalue weighted by Gasteiger charge is -2.54. The first-order valence-corrected chi connectivity index (χ1v) is 7.40. The van der Waals surface area contributed by atoms with Crippen LogP contribution in [-0.4, -0.2) is 85.3 Å². The Hall–Kier alpha value is -0.160. The van der Waals surface area contributed by atoms with Gasteiger partial charge in [-0.2, -0.15) is 0 Å². The van der Waals surface area contributed by atoms with Crippen LogP contribution in [0.25, 0.3) is 0 Å². The van der Waals surface area contributed by atoms with E-state index in [1.165, 1.54) is 13.1 Å². The van der Waals surface area contributed by atoms with Crippen LogP contribution in [0.2, 0.25) is 0 Å². The second-order valence-corrected chi connectivity index (χ2v) is 5.46. The molecular weight excluding hydrogens is 224 g/mol. The normalized spacial score (nSPS) is 24.2. The topological polar surface area (TPSA) is 13.0 Å². The van der Waals surface area contributed by atoms with Crippen LogP contribution in [0.1, 0.15) is 27.7 Å². The molecule has 0 aliphatic carbocycles. The van der Waals surface area contributed by atoms with Gasteiger partial charge in [0.2, 0.25) is 0 Å². The van der Waals surface area contributed by atoms with Crippen molar-refractivity contribution in [2.24, 2.45) is 0 Å². The molecule has 0 aromatic heterocycles. The van der Waals surface area contributed by atoms with Gasteiger partial charge in [0.05, 0.1) is 0 Å². The van der Waals surface area contributed by atoms with Crippen molar-refractivity contribution in [2.45, 2.75) is 33.5 Å². The molecule has 4 heteroatoms. The van der Waals surface area contributed by atoms with Gasteiger partial charge in [-0.1, -0.05) is 20.8 Å². The second-order valence-electron chi connectivity index (χ2n) is 5.46. The van der Waals surface area contributed by atoms with Crippen molar-refractivity contribution >= 4 is 0 Å². The minimum Gasteiger partial charge on any atom is -0.301 e. The summed E-state index contributed by atoms with van der Waals surface area (Å²) in [5, 5.41) is 0. The van der Waals surface area contributed by atoms with Crippen LogP contribution >= 0.6 is 0 Å². The van der Waals surface area contributed by atoms with Gasteiger partial charge < -0.3 is 4.90 Å². The van der Waals surface area contributed by atoms with E-state index in [1.54, 1.807) is 0 Å². The predicted octanol–water partition coefficient (Wildman–Crippen LogP) is 1.20. The molecule has 18 heavy (non-hydrogen) atoms. The number of likely N-dealkylation sites (N-methyl/N-ethyl adjacent to an activating group) is 3.